The fourth-order valence-electron chi connectivity index (χ4n) is 3.47. The summed E-state index contributed by atoms with van der Waals surface area (Å²) in [5.41, 5.74) is 1.35. The quantitative estimate of drug-likeness (QED) is 0.768. The molecule has 0 saturated carbocycles. The van der Waals surface area contributed by atoms with Gasteiger partial charge >= 0.3 is 0 Å². The van der Waals surface area contributed by atoms with Gasteiger partial charge in [0.1, 0.15) is 17.2 Å². The summed E-state index contributed by atoms with van der Waals surface area (Å²) in [5, 5.41) is 3.91. The number of para-hydroxylation sites is 1. The Hall–Kier alpha value is -2.86. The van der Waals surface area contributed by atoms with Crippen molar-refractivity contribution in [1.82, 2.24) is 10.3 Å². The lowest BCUT2D eigenvalue weighted by atomic mass is 10.2. The van der Waals surface area contributed by atoms with E-state index < -0.39 is 0 Å². The first-order valence-corrected chi connectivity index (χ1v) is 9.20. The molecule has 6 heteroatoms. The third-order valence-electron chi connectivity index (χ3n) is 4.65. The Morgan fingerprint density at radius 2 is 1.96 bits per heavy atom. The van der Waals surface area contributed by atoms with Gasteiger partial charge in [-0.25, -0.2) is 4.98 Å². The molecule has 1 aliphatic rings. The lowest BCUT2D eigenvalue weighted by molar-refractivity contribution is -0.00546. The van der Waals surface area contributed by atoms with Gasteiger partial charge in [0.25, 0.3) is 5.91 Å². The van der Waals surface area contributed by atoms with Crippen molar-refractivity contribution in [2.24, 2.45) is 0 Å². The molecule has 0 bridgehead atoms. The molecule has 0 aliphatic carbocycles. The van der Waals surface area contributed by atoms with Crippen LogP contribution in [-0.4, -0.2) is 36.2 Å². The number of hydrogen-bond donors (Lipinski definition) is 1. The van der Waals surface area contributed by atoms with E-state index in [4.69, 9.17) is 9.15 Å². The standard InChI is InChI=1S/C21H23N3O3/c1-14-12-24(13-15(2)26-14)20-8-7-17(10-22-20)21(25)23-11-18-9-16-5-3-4-6-19(16)27-18/h3-10,14-15H,11-13H2,1-2H3,(H,23,25). The lowest BCUT2D eigenvalue weighted by Crippen LogP contribution is -2.45. The Morgan fingerprint density at radius 3 is 2.67 bits per heavy atom. The van der Waals surface area contributed by atoms with Crippen LogP contribution >= 0.6 is 0 Å². The number of morpholine rings is 1. The Balaban J connectivity index is 1.38. The molecule has 27 heavy (non-hydrogen) atoms. The zero-order valence-corrected chi connectivity index (χ0v) is 15.5. The molecule has 6 nitrogen and oxygen atoms in total. The summed E-state index contributed by atoms with van der Waals surface area (Å²) in [6.45, 7) is 6.06. The zero-order valence-electron chi connectivity index (χ0n) is 15.5. The highest BCUT2D eigenvalue weighted by Gasteiger charge is 2.23. The van der Waals surface area contributed by atoms with E-state index in [1.165, 1.54) is 0 Å². The van der Waals surface area contributed by atoms with Gasteiger partial charge < -0.3 is 19.4 Å². The van der Waals surface area contributed by atoms with Crippen LogP contribution in [0.2, 0.25) is 0 Å². The molecule has 1 saturated heterocycles. The molecule has 1 fully saturated rings. The number of aromatic nitrogens is 1. The topological polar surface area (TPSA) is 67.6 Å². The van der Waals surface area contributed by atoms with Gasteiger partial charge in [0.2, 0.25) is 0 Å². The maximum Gasteiger partial charge on any atom is 0.253 e. The van der Waals surface area contributed by atoms with E-state index in [1.54, 1.807) is 12.3 Å². The first-order chi connectivity index (χ1) is 13.1. The molecular formula is C21H23N3O3. The summed E-state index contributed by atoms with van der Waals surface area (Å²) >= 11 is 0. The van der Waals surface area contributed by atoms with Crippen molar-refractivity contribution in [3.05, 3.63) is 60.0 Å². The van der Waals surface area contributed by atoms with Crippen LogP contribution in [0.4, 0.5) is 5.82 Å². The summed E-state index contributed by atoms with van der Waals surface area (Å²) in [5.74, 6) is 1.43. The van der Waals surface area contributed by atoms with Gasteiger partial charge in [0, 0.05) is 24.7 Å². The molecule has 0 spiro atoms. The summed E-state index contributed by atoms with van der Waals surface area (Å²) < 4.78 is 11.5. The molecule has 3 heterocycles. The number of carbonyl (C=O) groups excluding carboxylic acids is 1. The van der Waals surface area contributed by atoms with Gasteiger partial charge in [-0.3, -0.25) is 4.79 Å². The molecule has 140 valence electrons. The monoisotopic (exact) mass is 365 g/mol. The average Bonchev–Trinajstić information content (AvgIpc) is 3.08. The smallest absolute Gasteiger partial charge is 0.253 e. The number of ether oxygens (including phenoxy) is 1. The van der Waals surface area contributed by atoms with E-state index in [0.717, 1.165) is 35.6 Å². The van der Waals surface area contributed by atoms with Gasteiger partial charge in [-0.05, 0) is 38.1 Å². The van der Waals surface area contributed by atoms with E-state index in [1.807, 2.05) is 36.4 Å². The minimum absolute atomic E-state index is 0.168. The first-order valence-electron chi connectivity index (χ1n) is 9.20. The summed E-state index contributed by atoms with van der Waals surface area (Å²) in [7, 11) is 0. The fraction of sp³-hybridized carbons (Fsp3) is 0.333. The van der Waals surface area contributed by atoms with Crippen LogP contribution in [0.1, 0.15) is 30.0 Å². The van der Waals surface area contributed by atoms with Crippen LogP contribution in [0.15, 0.2) is 53.1 Å². The van der Waals surface area contributed by atoms with Gasteiger partial charge in [-0.1, -0.05) is 18.2 Å². The van der Waals surface area contributed by atoms with Crippen molar-refractivity contribution >= 4 is 22.7 Å². The van der Waals surface area contributed by atoms with Crippen molar-refractivity contribution in [2.45, 2.75) is 32.6 Å². The second-order valence-electron chi connectivity index (χ2n) is 7.00. The predicted octanol–water partition coefficient (Wildman–Crippen LogP) is 3.37. The Labute approximate surface area is 158 Å². The average molecular weight is 365 g/mol. The molecule has 1 aliphatic heterocycles. The van der Waals surface area contributed by atoms with Crippen molar-refractivity contribution < 1.29 is 13.9 Å². The van der Waals surface area contributed by atoms with Crippen molar-refractivity contribution in [1.29, 1.82) is 0 Å². The normalized spacial score (nSPS) is 20.0. The van der Waals surface area contributed by atoms with E-state index >= 15 is 0 Å². The number of pyridine rings is 1. The summed E-state index contributed by atoms with van der Waals surface area (Å²) in [6, 6.07) is 13.4. The molecule has 2 unspecified atom stereocenters. The molecular weight excluding hydrogens is 342 g/mol. The molecule has 2 aromatic heterocycles. The number of benzene rings is 1. The lowest BCUT2D eigenvalue weighted by Gasteiger charge is -2.36. The Bertz CT molecular complexity index is 892. The molecule has 1 N–H and O–H groups in total. The number of carbonyl (C=O) groups is 1. The minimum Gasteiger partial charge on any atom is -0.459 e. The maximum atomic E-state index is 12.4. The van der Waals surface area contributed by atoms with Crippen LogP contribution < -0.4 is 10.2 Å². The number of anilines is 1. The van der Waals surface area contributed by atoms with Crippen LogP contribution in [0.3, 0.4) is 0 Å². The highest BCUT2D eigenvalue weighted by molar-refractivity contribution is 5.94. The second-order valence-corrected chi connectivity index (χ2v) is 7.00. The van der Waals surface area contributed by atoms with Crippen molar-refractivity contribution in [3.8, 4) is 0 Å². The van der Waals surface area contributed by atoms with E-state index in [0.29, 0.717) is 12.1 Å². The summed E-state index contributed by atoms with van der Waals surface area (Å²) in [6.07, 6.45) is 1.96. The molecule has 0 radical (unpaired) electrons. The van der Waals surface area contributed by atoms with E-state index in [-0.39, 0.29) is 18.1 Å². The van der Waals surface area contributed by atoms with Gasteiger partial charge in [0.15, 0.2) is 0 Å². The number of hydrogen-bond acceptors (Lipinski definition) is 5. The minimum atomic E-state index is -0.168. The first kappa shape index (κ1) is 17.5. The predicted molar refractivity (Wildman–Crippen MR) is 104 cm³/mol. The van der Waals surface area contributed by atoms with Crippen LogP contribution in [0.25, 0.3) is 11.0 Å². The van der Waals surface area contributed by atoms with Gasteiger partial charge in [-0.15, -0.1) is 0 Å². The third-order valence-corrected chi connectivity index (χ3v) is 4.65. The number of rotatable bonds is 4. The highest BCUT2D eigenvalue weighted by Crippen LogP contribution is 2.20. The van der Waals surface area contributed by atoms with Gasteiger partial charge in [-0.2, -0.15) is 0 Å². The Morgan fingerprint density at radius 1 is 1.19 bits per heavy atom. The largest absolute Gasteiger partial charge is 0.459 e. The molecule has 1 amide bonds. The molecule has 3 aromatic rings. The fourth-order valence-corrected chi connectivity index (χ4v) is 3.47. The van der Waals surface area contributed by atoms with Crippen molar-refractivity contribution in [3.63, 3.8) is 0 Å². The molecule has 2 atom stereocenters. The highest BCUT2D eigenvalue weighted by atomic mass is 16.5. The second kappa shape index (κ2) is 7.40. The molecule has 1 aromatic carbocycles. The number of nitrogens with one attached hydrogen (secondary N) is 1. The number of amides is 1. The number of nitrogens with zero attached hydrogens (tertiary/aromatic N) is 2. The van der Waals surface area contributed by atoms with E-state index in [2.05, 4.69) is 29.0 Å². The van der Waals surface area contributed by atoms with Crippen LogP contribution in [0, 0.1) is 0 Å². The van der Waals surface area contributed by atoms with Gasteiger partial charge in [0.05, 0.1) is 24.3 Å². The SMILES string of the molecule is CC1CN(c2ccc(C(=O)NCc3cc4ccccc4o3)cn2)CC(C)O1. The van der Waals surface area contributed by atoms with Crippen LogP contribution in [-0.2, 0) is 11.3 Å². The Kier molecular flexibility index (Phi) is 4.81. The third kappa shape index (κ3) is 3.95. The maximum absolute atomic E-state index is 12.4. The van der Waals surface area contributed by atoms with E-state index in [9.17, 15) is 4.79 Å². The van der Waals surface area contributed by atoms with Crippen LogP contribution in [0.5, 0.6) is 0 Å². The number of furan rings is 1. The molecule has 4 rings (SSSR count). The van der Waals surface area contributed by atoms with Crippen molar-refractivity contribution in [2.75, 3.05) is 18.0 Å². The number of fused-ring (bicyclic) bond motifs is 1. The zero-order chi connectivity index (χ0) is 18.8. The summed E-state index contributed by atoms with van der Waals surface area (Å²) in [4.78, 5) is 19.1.